The summed E-state index contributed by atoms with van der Waals surface area (Å²) in [6.45, 7) is 4.25. The summed E-state index contributed by atoms with van der Waals surface area (Å²) in [6.07, 6.45) is 1.82. The molecule has 16 aromatic rings. The Morgan fingerprint density at radius 1 is 0.402 bits per heavy atom. The number of rotatable bonds is 8. The number of thiophene rings is 2. The molecule has 0 spiro atoms. The van der Waals surface area contributed by atoms with Gasteiger partial charge in [-0.2, -0.15) is 26.3 Å². The van der Waals surface area contributed by atoms with E-state index in [1.165, 1.54) is 0 Å². The second kappa shape index (κ2) is 19.6. The van der Waals surface area contributed by atoms with Crippen LogP contribution < -0.4 is 0 Å². The zero-order valence-electron chi connectivity index (χ0n) is 46.3. The van der Waals surface area contributed by atoms with Gasteiger partial charge in [-0.25, -0.2) is 0 Å². The molecule has 0 fully saturated rings. The first-order valence-electron chi connectivity index (χ1n) is 28.0. The van der Waals surface area contributed by atoms with Crippen molar-refractivity contribution in [1.29, 1.82) is 26.3 Å². The highest BCUT2D eigenvalue weighted by Crippen LogP contribution is 2.56. The van der Waals surface area contributed by atoms with Crippen LogP contribution >= 0.6 is 22.7 Å². The predicted octanol–water partition coefficient (Wildman–Crippen LogP) is 18.7. The van der Waals surface area contributed by atoms with Crippen LogP contribution in [0, 0.1) is 56.7 Å². The number of nitriles is 5. The predicted molar refractivity (Wildman–Crippen MR) is 356 cm³/mol. The summed E-state index contributed by atoms with van der Waals surface area (Å²) in [6, 6.07) is 78.0. The van der Waals surface area contributed by atoms with Crippen molar-refractivity contribution in [1.82, 2.24) is 13.7 Å². The van der Waals surface area contributed by atoms with Crippen molar-refractivity contribution in [2.45, 2.75) is 6.54 Å². The molecule has 0 radical (unpaired) electrons. The number of benzene rings is 11. The quantitative estimate of drug-likeness (QED) is 0.138. The molecule has 0 saturated carbocycles. The summed E-state index contributed by atoms with van der Waals surface area (Å²) in [5.74, 6) is 0. The molecule has 0 saturated heterocycles. The van der Waals surface area contributed by atoms with Crippen molar-refractivity contribution in [2.24, 2.45) is 9.98 Å². The molecule has 11 aromatic carbocycles. The standard InChI is InChI=1S/C75H40N10S2/c1-81-40-46-21-27-64-58(33-46)56-31-44(37-78)19-25-63(56)84(64)72-60(39-80)71(83-61-23-17-42(35-76)29-54(61)55-30-43(36-77)18-24-62(55)83)69(52-13-7-11-50-48-9-3-5-15-67(48)86-74(50)52)73(70(72)53-14-8-12-51-49-10-4-6-16-68(49)87-75(51)53)85-65-26-20-45(38-79)32-57(65)59-34-47(41-82-2)22-28-66(59)85/h3-34,40H,2,41H2,1H3/b81-40+. The van der Waals surface area contributed by atoms with E-state index in [0.29, 0.717) is 56.8 Å². The van der Waals surface area contributed by atoms with Gasteiger partial charge in [0.1, 0.15) is 11.6 Å². The SMILES string of the molecule is C=NCc1ccc2c(c1)c1cc(C#N)ccc1n2-c1c(-c2cccc3c2sc2ccccc23)c(-n2c3ccc(C#N)cc3c3cc(C#N)ccc32)c(C#N)c(-n2c3ccc(C#N)cc3c3cc(/C=N/C)ccc32)c1-c1cccc2c1sc1ccccc12. The molecule has 0 atom stereocenters. The molecule has 87 heavy (non-hydrogen) atoms. The van der Waals surface area contributed by atoms with Crippen LogP contribution in [0.5, 0.6) is 0 Å². The lowest BCUT2D eigenvalue weighted by Gasteiger charge is -2.29. The summed E-state index contributed by atoms with van der Waals surface area (Å²) in [4.78, 5) is 8.76. The first kappa shape index (κ1) is 50.7. The minimum atomic E-state index is 0.335. The van der Waals surface area contributed by atoms with Crippen LogP contribution in [0.15, 0.2) is 204 Å². The lowest BCUT2D eigenvalue weighted by molar-refractivity contribution is 1.08. The summed E-state index contributed by atoms with van der Waals surface area (Å²) < 4.78 is 11.0. The highest BCUT2D eigenvalue weighted by molar-refractivity contribution is 7.26. The highest BCUT2D eigenvalue weighted by Gasteiger charge is 2.36. The molecule has 0 aliphatic carbocycles. The fourth-order valence-electron chi connectivity index (χ4n) is 13.5. The van der Waals surface area contributed by atoms with Crippen LogP contribution in [0.3, 0.4) is 0 Å². The number of aliphatic imine (C=N–C) groups is 2. The topological polar surface area (TPSA) is 158 Å². The number of nitrogens with zero attached hydrogens (tertiary/aromatic N) is 10. The van der Waals surface area contributed by atoms with E-state index in [0.717, 1.165) is 134 Å². The average Bonchev–Trinajstić information content (AvgIpc) is 1.64. The van der Waals surface area contributed by atoms with E-state index in [4.69, 9.17) is 0 Å². The van der Waals surface area contributed by atoms with Crippen LogP contribution in [0.1, 0.15) is 38.9 Å². The molecule has 402 valence electrons. The molecule has 0 N–H and O–H groups in total. The Balaban J connectivity index is 1.27. The first-order chi connectivity index (χ1) is 42.8. The molecular weight excluding hydrogens is 1110 g/mol. The lowest BCUT2D eigenvalue weighted by atomic mass is 9.87. The highest BCUT2D eigenvalue weighted by atomic mass is 32.1. The van der Waals surface area contributed by atoms with Gasteiger partial charge < -0.3 is 13.7 Å². The van der Waals surface area contributed by atoms with Crippen molar-refractivity contribution < 1.29 is 0 Å². The van der Waals surface area contributed by atoms with E-state index >= 15 is 0 Å². The van der Waals surface area contributed by atoms with Gasteiger partial charge in [0, 0.05) is 108 Å². The molecular formula is C75H40N10S2. The molecule has 5 heterocycles. The summed E-state index contributed by atoms with van der Waals surface area (Å²) in [5, 5.41) is 64.7. The van der Waals surface area contributed by atoms with Crippen molar-refractivity contribution in [3.8, 4) is 69.7 Å². The van der Waals surface area contributed by atoms with Gasteiger partial charge in [0.2, 0.25) is 0 Å². The van der Waals surface area contributed by atoms with Crippen molar-refractivity contribution in [3.05, 3.63) is 233 Å². The van der Waals surface area contributed by atoms with Crippen molar-refractivity contribution >= 4 is 141 Å². The van der Waals surface area contributed by atoms with Gasteiger partial charge in [0.25, 0.3) is 0 Å². The Bertz CT molecular complexity index is 5970. The van der Waals surface area contributed by atoms with E-state index in [2.05, 4.69) is 176 Å². The molecule has 5 aromatic heterocycles. The van der Waals surface area contributed by atoms with E-state index < -0.39 is 0 Å². The molecule has 16 rings (SSSR count). The van der Waals surface area contributed by atoms with E-state index in [1.807, 2.05) is 85.1 Å². The maximum atomic E-state index is 13.1. The summed E-state index contributed by atoms with van der Waals surface area (Å²) in [7, 11) is 1.75. The monoisotopic (exact) mass is 1140 g/mol. The Morgan fingerprint density at radius 2 is 0.793 bits per heavy atom. The van der Waals surface area contributed by atoms with E-state index in [1.54, 1.807) is 29.7 Å². The smallest absolute Gasteiger partial charge is 0.104 e. The van der Waals surface area contributed by atoms with Crippen LogP contribution in [0.4, 0.5) is 0 Å². The van der Waals surface area contributed by atoms with Crippen LogP contribution in [0.25, 0.3) is 145 Å². The fraction of sp³-hybridized carbons (Fsp3) is 0.0267. The molecule has 12 heteroatoms. The lowest BCUT2D eigenvalue weighted by Crippen LogP contribution is -2.13. The maximum absolute atomic E-state index is 13.1. The number of hydrogen-bond acceptors (Lipinski definition) is 9. The van der Waals surface area contributed by atoms with Crippen LogP contribution in [0.2, 0.25) is 0 Å². The van der Waals surface area contributed by atoms with Gasteiger partial charge in [-0.3, -0.25) is 9.98 Å². The van der Waals surface area contributed by atoms with E-state index in [9.17, 15) is 26.3 Å². The van der Waals surface area contributed by atoms with Crippen LogP contribution in [-0.2, 0) is 6.54 Å². The number of aromatic nitrogens is 3. The third-order valence-corrected chi connectivity index (χ3v) is 19.5. The van der Waals surface area contributed by atoms with Crippen molar-refractivity contribution in [2.75, 3.05) is 7.05 Å². The average molecular weight is 1150 g/mol. The van der Waals surface area contributed by atoms with Gasteiger partial charge in [-0.15, -0.1) is 22.7 Å². The molecule has 0 aliphatic rings. The zero-order chi connectivity index (χ0) is 58.8. The number of hydrogen-bond donors (Lipinski definition) is 0. The van der Waals surface area contributed by atoms with E-state index in [-0.39, 0.29) is 0 Å². The molecule has 0 bridgehead atoms. The molecule has 10 nitrogen and oxygen atoms in total. The summed E-state index contributed by atoms with van der Waals surface area (Å²) >= 11 is 3.41. The zero-order valence-corrected chi connectivity index (χ0v) is 47.9. The number of fused-ring (bicyclic) bond motifs is 15. The van der Waals surface area contributed by atoms with Gasteiger partial charge >= 0.3 is 0 Å². The molecule has 0 amide bonds. The van der Waals surface area contributed by atoms with Crippen LogP contribution in [-0.4, -0.2) is 33.7 Å². The Kier molecular flexibility index (Phi) is 11.4. The van der Waals surface area contributed by atoms with Gasteiger partial charge in [-0.05, 0) is 127 Å². The molecule has 0 unspecified atom stereocenters. The normalized spacial score (nSPS) is 11.7. The molecule has 0 aliphatic heterocycles. The third kappa shape index (κ3) is 7.39. The Hall–Kier alpha value is -12.0. The largest absolute Gasteiger partial charge is 0.308 e. The third-order valence-electron chi connectivity index (χ3n) is 17.0. The second-order valence-electron chi connectivity index (χ2n) is 21.6. The van der Waals surface area contributed by atoms with Gasteiger partial charge in [-0.1, -0.05) is 84.9 Å². The minimum absolute atomic E-state index is 0.335. The maximum Gasteiger partial charge on any atom is 0.104 e. The van der Waals surface area contributed by atoms with Crippen molar-refractivity contribution in [3.63, 3.8) is 0 Å². The minimum Gasteiger partial charge on any atom is -0.308 e. The second-order valence-corrected chi connectivity index (χ2v) is 23.7. The Labute approximate surface area is 504 Å². The first-order valence-corrected chi connectivity index (χ1v) is 29.6. The van der Waals surface area contributed by atoms with Gasteiger partial charge in [0.05, 0.1) is 103 Å². The van der Waals surface area contributed by atoms with Gasteiger partial charge in [0.15, 0.2) is 0 Å². The Morgan fingerprint density at radius 3 is 1.22 bits per heavy atom. The summed E-state index contributed by atoms with van der Waals surface area (Å²) in [5.41, 5.74) is 13.7. The fourth-order valence-corrected chi connectivity index (χ4v) is 15.9.